The molecule has 0 heterocycles. The quantitative estimate of drug-likeness (QED) is 0.415. The Bertz CT molecular complexity index is 1240. The fourth-order valence-corrected chi connectivity index (χ4v) is 5.18. The van der Waals surface area contributed by atoms with E-state index in [-0.39, 0.29) is 24.6 Å². The Balaban J connectivity index is 2.57. The maximum Gasteiger partial charge on any atom is 0.244 e. The van der Waals surface area contributed by atoms with E-state index in [9.17, 15) is 18.0 Å². The minimum Gasteiger partial charge on any atom is -0.493 e. The van der Waals surface area contributed by atoms with Crippen molar-refractivity contribution in [3.8, 4) is 11.5 Å². The van der Waals surface area contributed by atoms with E-state index >= 15 is 0 Å². The van der Waals surface area contributed by atoms with Gasteiger partial charge in [-0.2, -0.15) is 0 Å². The Morgan fingerprint density at radius 2 is 1.61 bits per heavy atom. The molecule has 38 heavy (non-hydrogen) atoms. The van der Waals surface area contributed by atoms with Crippen LogP contribution in [-0.2, 0) is 26.2 Å². The van der Waals surface area contributed by atoms with Gasteiger partial charge in [-0.3, -0.25) is 13.9 Å². The van der Waals surface area contributed by atoms with Crippen molar-refractivity contribution < 1.29 is 27.5 Å². The van der Waals surface area contributed by atoms with Crippen molar-refractivity contribution in [3.05, 3.63) is 52.0 Å². The van der Waals surface area contributed by atoms with Gasteiger partial charge in [0.15, 0.2) is 11.5 Å². The lowest BCUT2D eigenvalue weighted by molar-refractivity contribution is -0.141. The summed E-state index contributed by atoms with van der Waals surface area (Å²) >= 11 is 12.8. The Labute approximate surface area is 235 Å². The molecule has 0 fully saturated rings. The summed E-state index contributed by atoms with van der Waals surface area (Å²) in [6.07, 6.45) is 1.26. The lowest BCUT2D eigenvalue weighted by Gasteiger charge is -2.35. The molecule has 2 amide bonds. The fourth-order valence-electron chi connectivity index (χ4n) is 3.82. The molecular weight excluding hydrogens is 553 g/mol. The van der Waals surface area contributed by atoms with Crippen molar-refractivity contribution >= 4 is 50.7 Å². The van der Waals surface area contributed by atoms with Gasteiger partial charge in [0.25, 0.3) is 0 Å². The van der Waals surface area contributed by atoms with Gasteiger partial charge >= 0.3 is 0 Å². The molecule has 1 atom stereocenters. The molecule has 9 nitrogen and oxygen atoms in total. The maximum absolute atomic E-state index is 13.8. The highest BCUT2D eigenvalue weighted by Gasteiger charge is 2.34. The van der Waals surface area contributed by atoms with Crippen molar-refractivity contribution in [1.29, 1.82) is 0 Å². The molecule has 0 spiro atoms. The third kappa shape index (κ3) is 8.15. The zero-order valence-corrected chi connectivity index (χ0v) is 25.0. The number of methoxy groups -OCH3 is 2. The summed E-state index contributed by atoms with van der Waals surface area (Å²) < 4.78 is 37.2. The minimum absolute atomic E-state index is 0.100. The summed E-state index contributed by atoms with van der Waals surface area (Å²) in [5, 5.41) is 3.54. The average Bonchev–Trinajstić information content (AvgIpc) is 2.81. The molecule has 1 N–H and O–H groups in total. The molecule has 1 unspecified atom stereocenters. The number of amides is 2. The highest BCUT2D eigenvalue weighted by Crippen LogP contribution is 2.33. The van der Waals surface area contributed by atoms with Crippen LogP contribution < -0.4 is 19.1 Å². The van der Waals surface area contributed by atoms with Gasteiger partial charge in [-0.05, 0) is 51.5 Å². The minimum atomic E-state index is -3.92. The Morgan fingerprint density at radius 1 is 1.03 bits per heavy atom. The summed E-state index contributed by atoms with van der Waals surface area (Å²) in [6.45, 7) is 6.59. The van der Waals surface area contributed by atoms with Crippen molar-refractivity contribution in [2.24, 2.45) is 0 Å². The molecule has 2 rings (SSSR count). The van der Waals surface area contributed by atoms with Crippen molar-refractivity contribution in [1.82, 2.24) is 10.2 Å². The normalized spacial score (nSPS) is 12.4. The predicted molar refractivity (Wildman–Crippen MR) is 151 cm³/mol. The SMILES string of the molecule is CCC(C(=O)NC(C)(C)C)N(Cc1c(Cl)cccc1Cl)C(=O)CN(c1ccc(OC)c(OC)c1)S(C)(=O)=O. The van der Waals surface area contributed by atoms with E-state index in [1.54, 1.807) is 31.2 Å². The lowest BCUT2D eigenvalue weighted by Crippen LogP contribution is -2.55. The van der Waals surface area contributed by atoms with Crippen LogP contribution in [0.15, 0.2) is 36.4 Å². The number of carbonyl (C=O) groups is 2. The largest absolute Gasteiger partial charge is 0.493 e. The summed E-state index contributed by atoms with van der Waals surface area (Å²) in [7, 11) is -1.04. The Hall–Kier alpha value is -2.69. The number of nitrogens with one attached hydrogen (secondary N) is 1. The number of halogens is 2. The fraction of sp³-hybridized carbons (Fsp3) is 0.462. The number of rotatable bonds is 11. The zero-order valence-electron chi connectivity index (χ0n) is 22.7. The van der Waals surface area contributed by atoms with Crippen LogP contribution in [0.3, 0.4) is 0 Å². The van der Waals surface area contributed by atoms with Gasteiger partial charge in [-0.25, -0.2) is 8.42 Å². The van der Waals surface area contributed by atoms with Gasteiger partial charge < -0.3 is 19.7 Å². The number of benzene rings is 2. The first kappa shape index (κ1) is 31.5. The van der Waals surface area contributed by atoms with Crippen molar-refractivity contribution in [3.63, 3.8) is 0 Å². The highest BCUT2D eigenvalue weighted by atomic mass is 35.5. The second-order valence-corrected chi connectivity index (χ2v) is 12.4. The number of hydrogen-bond donors (Lipinski definition) is 1. The van der Waals surface area contributed by atoms with Crippen LogP contribution in [-0.4, -0.2) is 63.7 Å². The Kier molecular flexibility index (Phi) is 10.7. The van der Waals surface area contributed by atoms with Gasteiger partial charge in [-0.15, -0.1) is 0 Å². The number of ether oxygens (including phenoxy) is 2. The van der Waals surface area contributed by atoms with Crippen LogP contribution in [0.2, 0.25) is 10.0 Å². The van der Waals surface area contributed by atoms with E-state index in [1.807, 2.05) is 20.8 Å². The summed E-state index contributed by atoms with van der Waals surface area (Å²) in [5.41, 5.74) is 0.0873. The number of hydrogen-bond acceptors (Lipinski definition) is 6. The molecule has 0 aliphatic rings. The van der Waals surface area contributed by atoms with Crippen LogP contribution in [0.4, 0.5) is 5.69 Å². The first-order valence-electron chi connectivity index (χ1n) is 11.9. The van der Waals surface area contributed by atoms with Gasteiger partial charge in [0.1, 0.15) is 12.6 Å². The van der Waals surface area contributed by atoms with Gasteiger partial charge in [0, 0.05) is 33.8 Å². The van der Waals surface area contributed by atoms with E-state index in [4.69, 9.17) is 32.7 Å². The summed E-state index contributed by atoms with van der Waals surface area (Å²) in [6, 6.07) is 8.54. The van der Waals surface area contributed by atoms with E-state index in [2.05, 4.69) is 5.32 Å². The molecule has 0 aliphatic carbocycles. The maximum atomic E-state index is 13.8. The zero-order chi connectivity index (χ0) is 28.8. The van der Waals surface area contributed by atoms with Crippen LogP contribution in [0.25, 0.3) is 0 Å². The number of sulfonamides is 1. The third-order valence-electron chi connectivity index (χ3n) is 5.61. The standard InChI is InChI=1S/C26H35Cl2N3O6S/c1-8-21(25(33)29-26(2,3)4)30(15-18-19(27)10-9-11-20(18)28)24(32)16-31(38(7,34)35)17-12-13-22(36-5)23(14-17)37-6/h9-14,21H,8,15-16H2,1-7H3,(H,29,33). The van der Waals surface area contributed by atoms with E-state index < -0.39 is 34.1 Å². The lowest BCUT2D eigenvalue weighted by atomic mass is 10.1. The van der Waals surface area contributed by atoms with E-state index in [1.165, 1.54) is 31.3 Å². The molecule has 12 heteroatoms. The van der Waals surface area contributed by atoms with E-state index in [0.29, 0.717) is 27.1 Å². The van der Waals surface area contributed by atoms with Gasteiger partial charge in [0.2, 0.25) is 21.8 Å². The summed E-state index contributed by atoms with van der Waals surface area (Å²) in [5.74, 6) is -0.302. The monoisotopic (exact) mass is 587 g/mol. The third-order valence-corrected chi connectivity index (χ3v) is 7.46. The second kappa shape index (κ2) is 12.9. The van der Waals surface area contributed by atoms with Crippen LogP contribution in [0.5, 0.6) is 11.5 Å². The van der Waals surface area contributed by atoms with Gasteiger partial charge in [0.05, 0.1) is 26.2 Å². The van der Waals surface area contributed by atoms with Crippen LogP contribution in [0.1, 0.15) is 39.7 Å². The van der Waals surface area contributed by atoms with Crippen LogP contribution in [0, 0.1) is 0 Å². The molecule has 2 aromatic rings. The van der Waals surface area contributed by atoms with Crippen molar-refractivity contribution in [2.75, 3.05) is 31.3 Å². The number of nitrogens with zero attached hydrogens (tertiary/aromatic N) is 2. The molecule has 0 bridgehead atoms. The average molecular weight is 589 g/mol. The van der Waals surface area contributed by atoms with Gasteiger partial charge in [-0.1, -0.05) is 36.2 Å². The molecule has 0 radical (unpaired) electrons. The number of carbonyl (C=O) groups excluding carboxylic acids is 2. The molecular formula is C26H35Cl2N3O6S. The molecule has 0 aliphatic heterocycles. The first-order valence-corrected chi connectivity index (χ1v) is 14.5. The van der Waals surface area contributed by atoms with Crippen LogP contribution >= 0.6 is 23.2 Å². The smallest absolute Gasteiger partial charge is 0.244 e. The topological polar surface area (TPSA) is 105 Å². The van der Waals surface area contributed by atoms with E-state index in [0.717, 1.165) is 10.6 Å². The molecule has 0 aromatic heterocycles. The number of anilines is 1. The molecule has 0 saturated heterocycles. The second-order valence-electron chi connectivity index (χ2n) is 9.69. The predicted octanol–water partition coefficient (Wildman–Crippen LogP) is 4.50. The Morgan fingerprint density at radius 3 is 2.08 bits per heavy atom. The molecule has 0 saturated carbocycles. The molecule has 2 aromatic carbocycles. The molecule has 210 valence electrons. The first-order chi connectivity index (χ1) is 17.6. The highest BCUT2D eigenvalue weighted by molar-refractivity contribution is 7.92. The summed E-state index contributed by atoms with van der Waals surface area (Å²) in [4.78, 5) is 28.4. The van der Waals surface area contributed by atoms with Crippen molar-refractivity contribution in [2.45, 2.75) is 52.2 Å².